The fourth-order valence-corrected chi connectivity index (χ4v) is 2.69. The minimum Gasteiger partial charge on any atom is -0.386 e. The molecule has 2 aromatic heterocycles. The van der Waals surface area contributed by atoms with Crippen molar-refractivity contribution in [3.05, 3.63) is 58.5 Å². The van der Waals surface area contributed by atoms with Crippen molar-refractivity contribution in [1.29, 1.82) is 0 Å². The molecule has 0 saturated carbocycles. The first-order chi connectivity index (χ1) is 12.5. The van der Waals surface area contributed by atoms with Gasteiger partial charge in [-0.25, -0.2) is 4.98 Å². The Morgan fingerprint density at radius 1 is 0.885 bits per heavy atom. The average Bonchev–Trinajstić information content (AvgIpc) is 2.61. The topological polar surface area (TPSA) is 74.8 Å². The summed E-state index contributed by atoms with van der Waals surface area (Å²) in [5.41, 5.74) is 5.72. The van der Waals surface area contributed by atoms with Crippen LogP contribution in [-0.4, -0.2) is 22.0 Å². The Morgan fingerprint density at radius 3 is 2.38 bits per heavy atom. The SMILES string of the molecule is CNc1cc(C)ccc1Nc1nc(Nc2ccc(C)nc2C)ncc1Cl. The smallest absolute Gasteiger partial charge is 0.229 e. The lowest BCUT2D eigenvalue weighted by Crippen LogP contribution is -2.04. The molecule has 0 aliphatic heterocycles. The summed E-state index contributed by atoms with van der Waals surface area (Å²) in [5, 5.41) is 10.1. The first-order valence-corrected chi connectivity index (χ1v) is 8.63. The van der Waals surface area contributed by atoms with Gasteiger partial charge in [0.05, 0.1) is 29.0 Å². The normalized spacial score (nSPS) is 10.5. The Morgan fingerprint density at radius 2 is 1.65 bits per heavy atom. The van der Waals surface area contributed by atoms with Gasteiger partial charge in [0, 0.05) is 12.7 Å². The number of anilines is 5. The fourth-order valence-electron chi connectivity index (χ4n) is 2.56. The molecule has 0 saturated heterocycles. The predicted octanol–water partition coefficient (Wildman–Crippen LogP) is 4.98. The summed E-state index contributed by atoms with van der Waals surface area (Å²) in [7, 11) is 1.88. The number of rotatable bonds is 5. The highest BCUT2D eigenvalue weighted by atomic mass is 35.5. The molecule has 0 aliphatic rings. The second-order valence-corrected chi connectivity index (χ2v) is 6.43. The number of hydrogen-bond acceptors (Lipinski definition) is 6. The molecule has 6 nitrogen and oxygen atoms in total. The standard InChI is InChI=1S/C19H21ClN6/c1-11-5-7-16(17(9-11)21-4)24-18-14(20)10-22-19(26-18)25-15-8-6-12(2)23-13(15)3/h5-10,21H,1-4H3,(H2,22,24,25,26). The minimum absolute atomic E-state index is 0.442. The molecule has 0 atom stereocenters. The van der Waals surface area contributed by atoms with Crippen LogP contribution >= 0.6 is 11.6 Å². The van der Waals surface area contributed by atoms with Crippen molar-refractivity contribution in [1.82, 2.24) is 15.0 Å². The van der Waals surface area contributed by atoms with Crippen molar-refractivity contribution in [2.75, 3.05) is 23.0 Å². The van der Waals surface area contributed by atoms with Crippen LogP contribution in [0, 0.1) is 20.8 Å². The monoisotopic (exact) mass is 368 g/mol. The minimum atomic E-state index is 0.442. The Balaban J connectivity index is 1.88. The lowest BCUT2D eigenvalue weighted by atomic mass is 10.2. The summed E-state index contributed by atoms with van der Waals surface area (Å²) in [4.78, 5) is 13.2. The zero-order chi connectivity index (χ0) is 18.7. The number of aromatic nitrogens is 3. The first-order valence-electron chi connectivity index (χ1n) is 8.25. The second kappa shape index (κ2) is 7.58. The van der Waals surface area contributed by atoms with Crippen LogP contribution in [0.3, 0.4) is 0 Å². The van der Waals surface area contributed by atoms with E-state index in [0.717, 1.165) is 28.5 Å². The van der Waals surface area contributed by atoms with Crippen molar-refractivity contribution in [2.45, 2.75) is 20.8 Å². The van der Waals surface area contributed by atoms with Crippen molar-refractivity contribution >= 4 is 40.4 Å². The zero-order valence-electron chi connectivity index (χ0n) is 15.2. The summed E-state index contributed by atoms with van der Waals surface area (Å²) in [6, 6.07) is 9.97. The highest BCUT2D eigenvalue weighted by Crippen LogP contribution is 2.30. The third-order valence-electron chi connectivity index (χ3n) is 3.91. The molecule has 2 heterocycles. The second-order valence-electron chi connectivity index (χ2n) is 6.02. The third kappa shape index (κ3) is 4.03. The van der Waals surface area contributed by atoms with Crippen LogP contribution in [0.25, 0.3) is 0 Å². The van der Waals surface area contributed by atoms with E-state index in [2.05, 4.69) is 37.0 Å². The maximum atomic E-state index is 6.28. The molecule has 0 radical (unpaired) electrons. The number of nitrogens with zero attached hydrogens (tertiary/aromatic N) is 3. The van der Waals surface area contributed by atoms with Crippen molar-refractivity contribution in [3.8, 4) is 0 Å². The van der Waals surface area contributed by atoms with Gasteiger partial charge in [-0.1, -0.05) is 17.7 Å². The van der Waals surface area contributed by atoms with Crippen molar-refractivity contribution in [2.24, 2.45) is 0 Å². The van der Waals surface area contributed by atoms with E-state index in [9.17, 15) is 0 Å². The molecule has 0 amide bonds. The van der Waals surface area contributed by atoms with Gasteiger partial charge in [-0.05, 0) is 50.6 Å². The van der Waals surface area contributed by atoms with Gasteiger partial charge in [0.1, 0.15) is 5.02 Å². The van der Waals surface area contributed by atoms with E-state index in [1.807, 2.05) is 52.1 Å². The van der Waals surface area contributed by atoms with Gasteiger partial charge in [-0.15, -0.1) is 0 Å². The number of aryl methyl sites for hydroxylation is 3. The van der Waals surface area contributed by atoms with E-state index in [1.54, 1.807) is 6.20 Å². The van der Waals surface area contributed by atoms with Crippen LogP contribution in [0.2, 0.25) is 5.02 Å². The van der Waals surface area contributed by atoms with Crippen LogP contribution < -0.4 is 16.0 Å². The molecule has 0 fully saturated rings. The number of nitrogens with one attached hydrogen (secondary N) is 3. The molecule has 134 valence electrons. The molecule has 0 unspecified atom stereocenters. The van der Waals surface area contributed by atoms with Gasteiger partial charge >= 0.3 is 0 Å². The van der Waals surface area contributed by atoms with Gasteiger partial charge < -0.3 is 16.0 Å². The van der Waals surface area contributed by atoms with Crippen LogP contribution in [0.4, 0.5) is 28.8 Å². The van der Waals surface area contributed by atoms with E-state index < -0.39 is 0 Å². The Labute approximate surface area is 158 Å². The van der Waals surface area contributed by atoms with Gasteiger partial charge in [-0.3, -0.25) is 4.98 Å². The van der Waals surface area contributed by atoms with E-state index in [4.69, 9.17) is 11.6 Å². The van der Waals surface area contributed by atoms with Gasteiger partial charge in [-0.2, -0.15) is 4.98 Å². The average molecular weight is 369 g/mol. The maximum absolute atomic E-state index is 6.28. The molecule has 3 rings (SSSR count). The Hall–Kier alpha value is -2.86. The van der Waals surface area contributed by atoms with Crippen LogP contribution in [-0.2, 0) is 0 Å². The van der Waals surface area contributed by atoms with E-state index in [1.165, 1.54) is 5.56 Å². The molecule has 3 N–H and O–H groups in total. The molecule has 0 bridgehead atoms. The van der Waals surface area contributed by atoms with Gasteiger partial charge in [0.25, 0.3) is 0 Å². The van der Waals surface area contributed by atoms with Crippen LogP contribution in [0.1, 0.15) is 17.0 Å². The summed E-state index contributed by atoms with van der Waals surface area (Å²) in [5.74, 6) is 0.978. The molecule has 7 heteroatoms. The zero-order valence-corrected chi connectivity index (χ0v) is 15.9. The van der Waals surface area contributed by atoms with Crippen LogP contribution in [0.5, 0.6) is 0 Å². The summed E-state index contributed by atoms with van der Waals surface area (Å²) >= 11 is 6.28. The van der Waals surface area contributed by atoms with Crippen molar-refractivity contribution in [3.63, 3.8) is 0 Å². The number of hydrogen-bond donors (Lipinski definition) is 3. The number of halogens is 1. The molecule has 26 heavy (non-hydrogen) atoms. The summed E-state index contributed by atoms with van der Waals surface area (Å²) in [6.45, 7) is 5.94. The Bertz CT molecular complexity index is 941. The Kier molecular flexibility index (Phi) is 5.23. The molecule has 1 aromatic carbocycles. The van der Waals surface area contributed by atoms with Crippen LogP contribution in [0.15, 0.2) is 36.5 Å². The molecule has 0 spiro atoms. The maximum Gasteiger partial charge on any atom is 0.229 e. The number of benzene rings is 1. The van der Waals surface area contributed by atoms with E-state index >= 15 is 0 Å². The molecule has 3 aromatic rings. The van der Waals surface area contributed by atoms with Crippen molar-refractivity contribution < 1.29 is 0 Å². The van der Waals surface area contributed by atoms with E-state index in [0.29, 0.717) is 16.8 Å². The quantitative estimate of drug-likeness (QED) is 0.589. The first kappa shape index (κ1) is 17.9. The summed E-state index contributed by atoms with van der Waals surface area (Å²) in [6.07, 6.45) is 1.57. The van der Waals surface area contributed by atoms with Gasteiger partial charge in [0.15, 0.2) is 5.82 Å². The molecule has 0 aliphatic carbocycles. The third-order valence-corrected chi connectivity index (χ3v) is 4.19. The highest BCUT2D eigenvalue weighted by Gasteiger charge is 2.10. The molecular formula is C19H21ClN6. The highest BCUT2D eigenvalue weighted by molar-refractivity contribution is 6.33. The summed E-state index contributed by atoms with van der Waals surface area (Å²) < 4.78 is 0. The lowest BCUT2D eigenvalue weighted by molar-refractivity contribution is 1.11. The lowest BCUT2D eigenvalue weighted by Gasteiger charge is -2.14. The van der Waals surface area contributed by atoms with E-state index in [-0.39, 0.29) is 0 Å². The number of pyridine rings is 1. The predicted molar refractivity (Wildman–Crippen MR) is 108 cm³/mol. The fraction of sp³-hybridized carbons (Fsp3) is 0.211. The largest absolute Gasteiger partial charge is 0.386 e. The van der Waals surface area contributed by atoms with Gasteiger partial charge in [0.2, 0.25) is 5.95 Å². The molecular weight excluding hydrogens is 348 g/mol.